The van der Waals surface area contributed by atoms with E-state index in [9.17, 15) is 0 Å². The van der Waals surface area contributed by atoms with Crippen LogP contribution >= 0.6 is 0 Å². The zero-order valence-electron chi connectivity index (χ0n) is 7.58. The van der Waals surface area contributed by atoms with Gasteiger partial charge in [0, 0.05) is 0 Å². The summed E-state index contributed by atoms with van der Waals surface area (Å²) in [5.41, 5.74) is 0.747. The standard InChI is InChI=1S/C11H14O/c1-9(2)8-12-11-6-4-5-10(3)7-11/h3-7,9H,8H2,1-2H3. The van der Waals surface area contributed by atoms with Gasteiger partial charge in [0.25, 0.3) is 0 Å². The van der Waals surface area contributed by atoms with E-state index in [-0.39, 0.29) is 0 Å². The average Bonchev–Trinajstić information content (AvgIpc) is 2.01. The highest BCUT2D eigenvalue weighted by Crippen LogP contribution is 2.12. The van der Waals surface area contributed by atoms with Gasteiger partial charge in [0.05, 0.1) is 6.61 Å². The molecule has 0 N–H and O–H groups in total. The lowest BCUT2D eigenvalue weighted by molar-refractivity contribution is 0.271. The van der Waals surface area contributed by atoms with E-state index in [0.29, 0.717) is 5.92 Å². The smallest absolute Gasteiger partial charge is 0.119 e. The molecule has 0 aliphatic rings. The highest BCUT2D eigenvalue weighted by Gasteiger charge is 1.96. The molecule has 1 aromatic carbocycles. The Balaban J connectivity index is 2.52. The van der Waals surface area contributed by atoms with Gasteiger partial charge in [-0.05, 0) is 30.5 Å². The van der Waals surface area contributed by atoms with Crippen molar-refractivity contribution >= 4 is 0 Å². The summed E-state index contributed by atoms with van der Waals surface area (Å²) in [4.78, 5) is 0. The Hall–Kier alpha value is -0.980. The summed E-state index contributed by atoms with van der Waals surface area (Å²) in [5.74, 6) is 1.40. The van der Waals surface area contributed by atoms with Gasteiger partial charge in [-0.3, -0.25) is 0 Å². The molecule has 64 valence electrons. The number of ether oxygens (including phenoxy) is 1. The van der Waals surface area contributed by atoms with Crippen LogP contribution in [0.4, 0.5) is 0 Å². The zero-order chi connectivity index (χ0) is 8.97. The molecule has 0 unspecified atom stereocenters. The van der Waals surface area contributed by atoms with E-state index in [1.807, 2.05) is 24.3 Å². The summed E-state index contributed by atoms with van der Waals surface area (Å²) in [7, 11) is 0. The molecule has 1 heteroatoms. The Morgan fingerprint density at radius 1 is 1.42 bits per heavy atom. The Labute approximate surface area is 74.4 Å². The first-order valence-electron chi connectivity index (χ1n) is 4.17. The molecule has 0 saturated carbocycles. The molecule has 2 radical (unpaired) electrons. The van der Waals surface area contributed by atoms with Crippen LogP contribution in [0.25, 0.3) is 0 Å². The maximum atomic E-state index is 5.58. The molecule has 0 bridgehead atoms. The molecule has 1 aromatic rings. The van der Waals surface area contributed by atoms with Crippen LogP contribution in [0.5, 0.6) is 5.75 Å². The molecule has 0 spiro atoms. The Morgan fingerprint density at radius 2 is 2.17 bits per heavy atom. The van der Waals surface area contributed by atoms with Gasteiger partial charge in [-0.2, -0.15) is 0 Å². The fourth-order valence-electron chi connectivity index (χ4n) is 0.867. The number of hydrogen-bond acceptors (Lipinski definition) is 1. The quantitative estimate of drug-likeness (QED) is 0.664. The fraction of sp³-hybridized carbons (Fsp3) is 0.364. The minimum absolute atomic E-state index is 0.548. The molecular weight excluding hydrogens is 148 g/mol. The largest absolute Gasteiger partial charge is 0.493 e. The summed E-state index contributed by atoms with van der Waals surface area (Å²) in [5, 5.41) is 0. The van der Waals surface area contributed by atoms with E-state index >= 15 is 0 Å². The monoisotopic (exact) mass is 162 g/mol. The van der Waals surface area contributed by atoms with Crippen LogP contribution < -0.4 is 4.74 Å². The molecule has 0 aromatic heterocycles. The van der Waals surface area contributed by atoms with Crippen LogP contribution in [0.2, 0.25) is 0 Å². The summed E-state index contributed by atoms with van der Waals surface area (Å²) in [6, 6.07) is 7.49. The third kappa shape index (κ3) is 2.95. The number of hydrogen-bond donors (Lipinski definition) is 0. The van der Waals surface area contributed by atoms with Gasteiger partial charge in [-0.1, -0.05) is 26.0 Å². The average molecular weight is 162 g/mol. The Bertz CT molecular complexity index is 241. The van der Waals surface area contributed by atoms with Gasteiger partial charge >= 0.3 is 0 Å². The summed E-state index contributed by atoms with van der Waals surface area (Å²) < 4.78 is 5.47. The second kappa shape index (κ2) is 4.15. The lowest BCUT2D eigenvalue weighted by Gasteiger charge is -2.08. The predicted molar refractivity (Wildman–Crippen MR) is 50.2 cm³/mol. The fourth-order valence-corrected chi connectivity index (χ4v) is 0.867. The first-order valence-corrected chi connectivity index (χ1v) is 4.17. The van der Waals surface area contributed by atoms with Crippen molar-refractivity contribution in [3.05, 3.63) is 36.8 Å². The summed E-state index contributed by atoms with van der Waals surface area (Å²) in [6.45, 7) is 10.6. The maximum absolute atomic E-state index is 5.58. The molecule has 0 saturated heterocycles. The molecule has 0 aliphatic heterocycles. The van der Waals surface area contributed by atoms with Crippen molar-refractivity contribution in [3.8, 4) is 5.75 Å². The molecular formula is C11H14O. The van der Waals surface area contributed by atoms with Crippen LogP contribution in [0.15, 0.2) is 24.3 Å². The van der Waals surface area contributed by atoms with E-state index in [4.69, 9.17) is 11.7 Å². The molecule has 1 nitrogen and oxygen atoms in total. The third-order valence-corrected chi connectivity index (χ3v) is 1.44. The van der Waals surface area contributed by atoms with Gasteiger partial charge in [0.2, 0.25) is 0 Å². The van der Waals surface area contributed by atoms with Crippen molar-refractivity contribution in [2.75, 3.05) is 6.61 Å². The second-order valence-electron chi connectivity index (χ2n) is 3.28. The van der Waals surface area contributed by atoms with E-state index in [1.165, 1.54) is 0 Å². The summed E-state index contributed by atoms with van der Waals surface area (Å²) in [6.07, 6.45) is 0. The first-order chi connectivity index (χ1) is 5.68. The van der Waals surface area contributed by atoms with Crippen molar-refractivity contribution < 1.29 is 4.74 Å². The topological polar surface area (TPSA) is 9.23 Å². The van der Waals surface area contributed by atoms with E-state index in [0.717, 1.165) is 17.9 Å². The maximum Gasteiger partial charge on any atom is 0.119 e. The number of rotatable bonds is 3. The molecule has 0 heterocycles. The SMILES string of the molecule is [CH]c1cccc(OCC(C)C)c1. The van der Waals surface area contributed by atoms with Gasteiger partial charge < -0.3 is 4.74 Å². The van der Waals surface area contributed by atoms with Gasteiger partial charge in [0.1, 0.15) is 5.75 Å². The molecule has 0 aliphatic carbocycles. The minimum atomic E-state index is 0.548. The van der Waals surface area contributed by atoms with Crippen LogP contribution in [0, 0.1) is 12.8 Å². The van der Waals surface area contributed by atoms with Crippen molar-refractivity contribution in [1.29, 1.82) is 0 Å². The number of benzene rings is 1. The second-order valence-corrected chi connectivity index (χ2v) is 3.28. The van der Waals surface area contributed by atoms with Crippen molar-refractivity contribution in [3.63, 3.8) is 0 Å². The lowest BCUT2D eigenvalue weighted by Crippen LogP contribution is -2.04. The van der Waals surface area contributed by atoms with Gasteiger partial charge in [0.15, 0.2) is 0 Å². The highest BCUT2D eigenvalue weighted by atomic mass is 16.5. The third-order valence-electron chi connectivity index (χ3n) is 1.44. The normalized spacial score (nSPS) is 10.3. The van der Waals surface area contributed by atoms with E-state index < -0.39 is 0 Å². The van der Waals surface area contributed by atoms with Crippen molar-refractivity contribution in [2.24, 2.45) is 5.92 Å². The van der Waals surface area contributed by atoms with Crippen LogP contribution in [-0.2, 0) is 0 Å². The van der Waals surface area contributed by atoms with E-state index in [1.54, 1.807) is 0 Å². The van der Waals surface area contributed by atoms with Crippen LogP contribution in [-0.4, -0.2) is 6.61 Å². The van der Waals surface area contributed by atoms with Gasteiger partial charge in [-0.15, -0.1) is 0 Å². The zero-order valence-corrected chi connectivity index (χ0v) is 7.58. The molecule has 12 heavy (non-hydrogen) atoms. The predicted octanol–water partition coefficient (Wildman–Crippen LogP) is 2.78. The van der Waals surface area contributed by atoms with Crippen molar-refractivity contribution in [1.82, 2.24) is 0 Å². The minimum Gasteiger partial charge on any atom is -0.493 e. The molecule has 0 atom stereocenters. The van der Waals surface area contributed by atoms with Crippen LogP contribution in [0.3, 0.4) is 0 Å². The first kappa shape index (κ1) is 9.11. The lowest BCUT2D eigenvalue weighted by atomic mass is 10.2. The van der Waals surface area contributed by atoms with Gasteiger partial charge in [-0.25, -0.2) is 0 Å². The molecule has 1 rings (SSSR count). The molecule has 0 fully saturated rings. The van der Waals surface area contributed by atoms with Crippen LogP contribution in [0.1, 0.15) is 19.4 Å². The molecule has 0 amide bonds. The Morgan fingerprint density at radius 3 is 2.75 bits per heavy atom. The van der Waals surface area contributed by atoms with E-state index in [2.05, 4.69) is 13.8 Å². The highest BCUT2D eigenvalue weighted by molar-refractivity contribution is 5.29. The summed E-state index contributed by atoms with van der Waals surface area (Å²) >= 11 is 0. The van der Waals surface area contributed by atoms with Crippen molar-refractivity contribution in [2.45, 2.75) is 13.8 Å². The Kier molecular flexibility index (Phi) is 3.15.